The number of allylic oxidation sites excluding steroid dienone is 1. The summed E-state index contributed by atoms with van der Waals surface area (Å²) in [5.74, 6) is 1.35. The standard InChI is InChI=1S/C22H25F/c1-17-4-8-19(9-5-17)21-12-14-22(15-13-21)20-10-6-18(7-11-20)3-2-16-23/h2,4-5,8-9,12-16,18,20H,3,6-7,10-11H2,1H3/b16-2+. The van der Waals surface area contributed by atoms with Crippen molar-refractivity contribution in [3.63, 3.8) is 0 Å². The van der Waals surface area contributed by atoms with Gasteiger partial charge in [0.1, 0.15) is 0 Å². The second-order valence-electron chi connectivity index (χ2n) is 6.80. The molecular weight excluding hydrogens is 283 g/mol. The van der Waals surface area contributed by atoms with E-state index in [-0.39, 0.29) is 0 Å². The number of hydrogen-bond donors (Lipinski definition) is 0. The van der Waals surface area contributed by atoms with Crippen LogP contribution in [0.2, 0.25) is 0 Å². The van der Waals surface area contributed by atoms with E-state index in [0.717, 1.165) is 6.42 Å². The molecule has 1 aliphatic rings. The molecule has 0 N–H and O–H groups in total. The Morgan fingerprint density at radius 2 is 1.43 bits per heavy atom. The lowest BCUT2D eigenvalue weighted by molar-refractivity contribution is 0.327. The van der Waals surface area contributed by atoms with Crippen LogP contribution in [0.5, 0.6) is 0 Å². The highest BCUT2D eigenvalue weighted by molar-refractivity contribution is 5.64. The summed E-state index contributed by atoms with van der Waals surface area (Å²) in [6, 6.07) is 17.8. The summed E-state index contributed by atoms with van der Waals surface area (Å²) in [6.07, 6.45) is 8.15. The van der Waals surface area contributed by atoms with Gasteiger partial charge in [-0.05, 0) is 67.6 Å². The molecule has 120 valence electrons. The molecule has 0 heterocycles. The molecule has 0 unspecified atom stereocenters. The Morgan fingerprint density at radius 1 is 0.870 bits per heavy atom. The van der Waals surface area contributed by atoms with Gasteiger partial charge in [0.05, 0.1) is 6.33 Å². The van der Waals surface area contributed by atoms with Gasteiger partial charge in [0.15, 0.2) is 0 Å². The predicted molar refractivity (Wildman–Crippen MR) is 96.2 cm³/mol. The zero-order valence-electron chi connectivity index (χ0n) is 13.8. The van der Waals surface area contributed by atoms with Crippen LogP contribution in [0.1, 0.15) is 49.1 Å². The van der Waals surface area contributed by atoms with Gasteiger partial charge in [0.25, 0.3) is 0 Å². The first-order valence-corrected chi connectivity index (χ1v) is 8.68. The fourth-order valence-corrected chi connectivity index (χ4v) is 3.67. The maximum atomic E-state index is 12.1. The third kappa shape index (κ3) is 4.10. The molecule has 1 heteroatoms. The minimum atomic E-state index is 0.671. The summed E-state index contributed by atoms with van der Waals surface area (Å²) in [6.45, 7) is 2.12. The molecular formula is C22H25F. The van der Waals surface area contributed by atoms with E-state index in [1.807, 2.05) is 0 Å². The van der Waals surface area contributed by atoms with E-state index in [9.17, 15) is 4.39 Å². The summed E-state index contributed by atoms with van der Waals surface area (Å²) < 4.78 is 12.1. The molecule has 2 aromatic rings. The van der Waals surface area contributed by atoms with Crippen molar-refractivity contribution in [2.45, 2.75) is 44.9 Å². The van der Waals surface area contributed by atoms with Crippen molar-refractivity contribution in [1.82, 2.24) is 0 Å². The van der Waals surface area contributed by atoms with Gasteiger partial charge in [0.2, 0.25) is 0 Å². The third-order valence-electron chi connectivity index (χ3n) is 5.17. The quantitative estimate of drug-likeness (QED) is 0.582. The summed E-state index contributed by atoms with van der Waals surface area (Å²) >= 11 is 0. The van der Waals surface area contributed by atoms with Gasteiger partial charge >= 0.3 is 0 Å². The second kappa shape index (κ2) is 7.59. The SMILES string of the molecule is Cc1ccc(-c2ccc(C3CCC(C/C=C/F)CC3)cc2)cc1. The lowest BCUT2D eigenvalue weighted by Gasteiger charge is -2.28. The van der Waals surface area contributed by atoms with E-state index in [4.69, 9.17) is 0 Å². The molecule has 0 radical (unpaired) electrons. The number of hydrogen-bond acceptors (Lipinski definition) is 0. The summed E-state index contributed by atoms with van der Waals surface area (Å²) in [4.78, 5) is 0. The topological polar surface area (TPSA) is 0 Å². The highest BCUT2D eigenvalue weighted by atomic mass is 19.1. The molecule has 0 bridgehead atoms. The van der Waals surface area contributed by atoms with E-state index in [1.54, 1.807) is 6.08 Å². The molecule has 23 heavy (non-hydrogen) atoms. The highest BCUT2D eigenvalue weighted by Gasteiger charge is 2.21. The molecule has 1 aliphatic carbocycles. The van der Waals surface area contributed by atoms with Crippen molar-refractivity contribution in [1.29, 1.82) is 0 Å². The van der Waals surface area contributed by atoms with Crippen LogP contribution >= 0.6 is 0 Å². The molecule has 0 aromatic heterocycles. The van der Waals surface area contributed by atoms with Crippen LogP contribution in [-0.4, -0.2) is 0 Å². The molecule has 0 spiro atoms. The van der Waals surface area contributed by atoms with Crippen molar-refractivity contribution in [3.05, 3.63) is 72.1 Å². The monoisotopic (exact) mass is 308 g/mol. The third-order valence-corrected chi connectivity index (χ3v) is 5.17. The minimum absolute atomic E-state index is 0.671. The Morgan fingerprint density at radius 3 is 2.00 bits per heavy atom. The maximum Gasteiger partial charge on any atom is 0.0827 e. The van der Waals surface area contributed by atoms with Gasteiger partial charge in [-0.25, -0.2) is 4.39 Å². The Labute approximate surface area is 139 Å². The fraction of sp³-hybridized carbons (Fsp3) is 0.364. The molecule has 3 rings (SSSR count). The first kappa shape index (κ1) is 16.0. The first-order valence-electron chi connectivity index (χ1n) is 8.68. The van der Waals surface area contributed by atoms with Crippen LogP contribution in [0.3, 0.4) is 0 Å². The zero-order valence-corrected chi connectivity index (χ0v) is 13.8. The van der Waals surface area contributed by atoms with E-state index in [1.165, 1.54) is 47.9 Å². The number of halogens is 1. The van der Waals surface area contributed by atoms with Crippen LogP contribution in [-0.2, 0) is 0 Å². The molecule has 0 atom stereocenters. The van der Waals surface area contributed by atoms with Crippen molar-refractivity contribution in [2.75, 3.05) is 0 Å². The van der Waals surface area contributed by atoms with Crippen LogP contribution in [0, 0.1) is 12.8 Å². The van der Waals surface area contributed by atoms with Crippen LogP contribution in [0.25, 0.3) is 11.1 Å². The smallest absolute Gasteiger partial charge is 0.0827 e. The molecule has 2 aromatic carbocycles. The van der Waals surface area contributed by atoms with E-state index < -0.39 is 0 Å². The largest absolute Gasteiger partial charge is 0.216 e. The van der Waals surface area contributed by atoms with Crippen molar-refractivity contribution in [3.8, 4) is 11.1 Å². The fourth-order valence-electron chi connectivity index (χ4n) is 3.67. The lowest BCUT2D eigenvalue weighted by Crippen LogP contribution is -2.12. The average molecular weight is 308 g/mol. The Balaban J connectivity index is 1.63. The predicted octanol–water partition coefficient (Wildman–Crippen LogP) is 6.81. The van der Waals surface area contributed by atoms with Crippen LogP contribution < -0.4 is 0 Å². The van der Waals surface area contributed by atoms with Crippen molar-refractivity contribution in [2.24, 2.45) is 5.92 Å². The maximum absolute atomic E-state index is 12.1. The number of rotatable bonds is 4. The second-order valence-corrected chi connectivity index (χ2v) is 6.80. The van der Waals surface area contributed by atoms with Gasteiger partial charge in [-0.2, -0.15) is 0 Å². The van der Waals surface area contributed by atoms with Crippen molar-refractivity contribution >= 4 is 0 Å². The van der Waals surface area contributed by atoms with Crippen LogP contribution in [0.15, 0.2) is 60.9 Å². The molecule has 0 aliphatic heterocycles. The Hall–Kier alpha value is -1.89. The molecule has 0 amide bonds. The normalized spacial score (nSPS) is 21.7. The summed E-state index contributed by atoms with van der Waals surface area (Å²) in [7, 11) is 0. The summed E-state index contributed by atoms with van der Waals surface area (Å²) in [5, 5.41) is 0. The Bertz CT molecular complexity index is 629. The lowest BCUT2D eigenvalue weighted by atomic mass is 9.77. The minimum Gasteiger partial charge on any atom is -0.216 e. The number of aryl methyl sites for hydroxylation is 1. The van der Waals surface area contributed by atoms with Crippen molar-refractivity contribution < 1.29 is 4.39 Å². The zero-order chi connectivity index (χ0) is 16.1. The molecule has 0 saturated heterocycles. The Kier molecular flexibility index (Phi) is 5.27. The first-order chi connectivity index (χ1) is 11.3. The molecule has 1 fully saturated rings. The van der Waals surface area contributed by atoms with Crippen LogP contribution in [0.4, 0.5) is 4.39 Å². The van der Waals surface area contributed by atoms with E-state index >= 15 is 0 Å². The average Bonchev–Trinajstić information content (AvgIpc) is 2.61. The van der Waals surface area contributed by atoms with Gasteiger partial charge in [-0.15, -0.1) is 0 Å². The van der Waals surface area contributed by atoms with Gasteiger partial charge in [-0.1, -0.05) is 60.2 Å². The van der Waals surface area contributed by atoms with E-state index in [0.29, 0.717) is 18.2 Å². The van der Waals surface area contributed by atoms with Gasteiger partial charge < -0.3 is 0 Å². The van der Waals surface area contributed by atoms with Gasteiger partial charge in [0, 0.05) is 0 Å². The van der Waals surface area contributed by atoms with Gasteiger partial charge in [-0.3, -0.25) is 0 Å². The number of benzene rings is 2. The highest BCUT2D eigenvalue weighted by Crippen LogP contribution is 2.37. The summed E-state index contributed by atoms with van der Waals surface area (Å²) in [5.41, 5.74) is 5.32. The molecule has 0 nitrogen and oxygen atoms in total. The van der Waals surface area contributed by atoms with E-state index in [2.05, 4.69) is 55.5 Å². The molecule has 1 saturated carbocycles.